The number of carbonyl (C=O) groups is 2. The lowest BCUT2D eigenvalue weighted by molar-refractivity contribution is -0.143. The second-order valence-corrected chi connectivity index (χ2v) is 9.77. The first-order chi connectivity index (χ1) is 16.0. The highest BCUT2D eigenvalue weighted by molar-refractivity contribution is 6.30. The van der Waals surface area contributed by atoms with Crippen LogP contribution in [0.1, 0.15) is 48.9 Å². The molecular weight excluding hydrogens is 438 g/mol. The van der Waals surface area contributed by atoms with Crippen LogP contribution in [0.15, 0.2) is 42.6 Å². The standard InChI is InChI=1S/C26H28ClN3O3/c27-20-9-5-18(6-10-20)15-30-23-16-29(13-11-21(23)22-2-1-12-28-25(22)30)24(31)14-17-3-7-19(8-4-17)26(32)33/h1-2,5-6,9-10,12,17,19H,3-4,7-8,11,13-16H2,(H,32,33)/t17-,19+. The van der Waals surface area contributed by atoms with Gasteiger partial charge in [0.1, 0.15) is 5.65 Å². The molecule has 0 spiro atoms. The highest BCUT2D eigenvalue weighted by atomic mass is 35.5. The number of hydrogen-bond acceptors (Lipinski definition) is 3. The minimum Gasteiger partial charge on any atom is -0.481 e. The molecule has 1 N–H and O–H groups in total. The van der Waals surface area contributed by atoms with E-state index in [0.29, 0.717) is 43.9 Å². The van der Waals surface area contributed by atoms with Gasteiger partial charge in [-0.1, -0.05) is 23.7 Å². The van der Waals surface area contributed by atoms with Gasteiger partial charge in [-0.05, 0) is 73.4 Å². The number of carboxylic acids is 1. The molecule has 3 aromatic rings. The smallest absolute Gasteiger partial charge is 0.306 e. The fourth-order valence-electron chi connectivity index (χ4n) is 5.41. The van der Waals surface area contributed by atoms with Crippen molar-refractivity contribution in [2.45, 2.75) is 51.6 Å². The van der Waals surface area contributed by atoms with Gasteiger partial charge in [-0.15, -0.1) is 0 Å². The van der Waals surface area contributed by atoms with Gasteiger partial charge < -0.3 is 14.6 Å². The topological polar surface area (TPSA) is 75.4 Å². The number of benzene rings is 1. The number of nitrogens with zero attached hydrogens (tertiary/aromatic N) is 3. The fourth-order valence-corrected chi connectivity index (χ4v) is 5.53. The zero-order chi connectivity index (χ0) is 22.9. The molecule has 33 heavy (non-hydrogen) atoms. The van der Waals surface area contributed by atoms with E-state index in [4.69, 9.17) is 11.6 Å². The molecule has 2 aromatic heterocycles. The van der Waals surface area contributed by atoms with Crippen molar-refractivity contribution in [1.82, 2.24) is 14.5 Å². The first-order valence-electron chi connectivity index (χ1n) is 11.7. The maximum atomic E-state index is 13.2. The zero-order valence-corrected chi connectivity index (χ0v) is 19.3. The Hall–Kier alpha value is -2.86. The first-order valence-corrected chi connectivity index (χ1v) is 12.1. The molecule has 0 unspecified atom stereocenters. The van der Waals surface area contributed by atoms with Gasteiger partial charge >= 0.3 is 5.97 Å². The molecule has 1 fully saturated rings. The summed E-state index contributed by atoms with van der Waals surface area (Å²) in [4.78, 5) is 31.0. The molecule has 1 saturated carbocycles. The maximum Gasteiger partial charge on any atom is 0.306 e. The lowest BCUT2D eigenvalue weighted by Crippen LogP contribution is -2.38. The van der Waals surface area contributed by atoms with Crippen LogP contribution in [0.2, 0.25) is 5.02 Å². The molecule has 7 heteroatoms. The summed E-state index contributed by atoms with van der Waals surface area (Å²) in [5.74, 6) is -0.484. The van der Waals surface area contributed by atoms with Crippen molar-refractivity contribution in [3.8, 4) is 0 Å². The third kappa shape index (κ3) is 4.49. The predicted molar refractivity (Wildman–Crippen MR) is 127 cm³/mol. The van der Waals surface area contributed by atoms with Crippen LogP contribution in [-0.4, -0.2) is 38.0 Å². The number of amides is 1. The molecule has 5 rings (SSSR count). The van der Waals surface area contributed by atoms with Gasteiger partial charge in [-0.2, -0.15) is 0 Å². The monoisotopic (exact) mass is 465 g/mol. The minimum atomic E-state index is -0.703. The van der Waals surface area contributed by atoms with Crippen molar-refractivity contribution in [1.29, 1.82) is 0 Å². The highest BCUT2D eigenvalue weighted by Crippen LogP contribution is 2.34. The number of aromatic nitrogens is 2. The van der Waals surface area contributed by atoms with E-state index in [-0.39, 0.29) is 17.7 Å². The average molecular weight is 466 g/mol. The summed E-state index contributed by atoms with van der Waals surface area (Å²) in [6.45, 7) is 1.98. The molecule has 1 aromatic carbocycles. The van der Waals surface area contributed by atoms with Gasteiger partial charge in [0.05, 0.1) is 12.5 Å². The summed E-state index contributed by atoms with van der Waals surface area (Å²) in [5.41, 5.74) is 4.55. The van der Waals surface area contributed by atoms with Crippen LogP contribution in [0, 0.1) is 11.8 Å². The quantitative estimate of drug-likeness (QED) is 0.581. The van der Waals surface area contributed by atoms with Gasteiger partial charge in [0.2, 0.25) is 5.91 Å². The predicted octanol–water partition coefficient (Wildman–Crippen LogP) is 4.90. The van der Waals surface area contributed by atoms with Gasteiger partial charge in [0, 0.05) is 41.8 Å². The van der Waals surface area contributed by atoms with Crippen molar-refractivity contribution in [2.24, 2.45) is 11.8 Å². The Bertz CT molecular complexity index is 1180. The van der Waals surface area contributed by atoms with Crippen LogP contribution in [0.4, 0.5) is 0 Å². The Kier molecular flexibility index (Phi) is 6.11. The normalized spacial score (nSPS) is 20.6. The van der Waals surface area contributed by atoms with E-state index in [1.54, 1.807) is 0 Å². The minimum absolute atomic E-state index is 0.177. The summed E-state index contributed by atoms with van der Waals surface area (Å²) in [5, 5.41) is 11.1. The van der Waals surface area contributed by atoms with Crippen LogP contribution in [0.3, 0.4) is 0 Å². The number of halogens is 1. The molecule has 6 nitrogen and oxygen atoms in total. The second-order valence-electron chi connectivity index (χ2n) is 9.34. The van der Waals surface area contributed by atoms with Crippen LogP contribution in [-0.2, 0) is 29.1 Å². The SMILES string of the molecule is O=C(C[C@H]1CC[C@@H](C(=O)O)CC1)N1CCc2c(n(Cc3ccc(Cl)cc3)c3ncccc23)C1. The van der Waals surface area contributed by atoms with E-state index in [1.165, 1.54) is 10.9 Å². The molecule has 2 aliphatic rings. The lowest BCUT2D eigenvalue weighted by Gasteiger charge is -2.31. The molecule has 3 heterocycles. The summed E-state index contributed by atoms with van der Waals surface area (Å²) in [6, 6.07) is 12.0. The van der Waals surface area contributed by atoms with Crippen molar-refractivity contribution in [3.05, 3.63) is 64.4 Å². The lowest BCUT2D eigenvalue weighted by atomic mass is 9.80. The van der Waals surface area contributed by atoms with Gasteiger partial charge in [0.15, 0.2) is 0 Å². The largest absolute Gasteiger partial charge is 0.481 e. The number of aliphatic carboxylic acids is 1. The molecule has 0 atom stereocenters. The van der Waals surface area contributed by atoms with Gasteiger partial charge in [0.25, 0.3) is 0 Å². The van der Waals surface area contributed by atoms with E-state index < -0.39 is 5.97 Å². The highest BCUT2D eigenvalue weighted by Gasteiger charge is 2.31. The number of carboxylic acid groups (broad SMARTS) is 1. The molecular formula is C26H28ClN3O3. The van der Waals surface area contributed by atoms with Crippen LogP contribution in [0.5, 0.6) is 0 Å². The third-order valence-corrected chi connectivity index (χ3v) is 7.53. The zero-order valence-electron chi connectivity index (χ0n) is 18.5. The molecule has 1 amide bonds. The molecule has 0 saturated heterocycles. The Morgan fingerprint density at radius 3 is 2.58 bits per heavy atom. The summed E-state index contributed by atoms with van der Waals surface area (Å²) in [7, 11) is 0. The number of pyridine rings is 1. The molecule has 1 aliphatic heterocycles. The van der Waals surface area contributed by atoms with E-state index in [1.807, 2.05) is 41.4 Å². The van der Waals surface area contributed by atoms with Crippen LogP contribution >= 0.6 is 11.6 Å². The van der Waals surface area contributed by atoms with E-state index >= 15 is 0 Å². The third-order valence-electron chi connectivity index (χ3n) is 7.28. The molecule has 0 radical (unpaired) electrons. The summed E-state index contributed by atoms with van der Waals surface area (Å²) >= 11 is 6.07. The number of hydrogen-bond donors (Lipinski definition) is 1. The Balaban J connectivity index is 1.35. The van der Waals surface area contributed by atoms with Crippen molar-refractivity contribution >= 4 is 34.5 Å². The van der Waals surface area contributed by atoms with Crippen molar-refractivity contribution in [3.63, 3.8) is 0 Å². The molecule has 1 aliphatic carbocycles. The number of rotatable bonds is 5. The van der Waals surface area contributed by atoms with E-state index in [2.05, 4.69) is 15.6 Å². The van der Waals surface area contributed by atoms with Gasteiger partial charge in [-0.3, -0.25) is 9.59 Å². The van der Waals surface area contributed by atoms with E-state index in [9.17, 15) is 14.7 Å². The Morgan fingerprint density at radius 2 is 1.85 bits per heavy atom. The second kappa shape index (κ2) is 9.18. The average Bonchev–Trinajstić information content (AvgIpc) is 3.14. The van der Waals surface area contributed by atoms with Gasteiger partial charge in [-0.25, -0.2) is 4.98 Å². The Morgan fingerprint density at radius 1 is 1.09 bits per heavy atom. The van der Waals surface area contributed by atoms with Crippen molar-refractivity contribution in [2.75, 3.05) is 6.54 Å². The van der Waals surface area contributed by atoms with Crippen LogP contribution < -0.4 is 0 Å². The molecule has 172 valence electrons. The summed E-state index contributed by atoms with van der Waals surface area (Å²) < 4.78 is 2.24. The first kappa shape index (κ1) is 22.0. The van der Waals surface area contributed by atoms with Crippen molar-refractivity contribution < 1.29 is 14.7 Å². The Labute approximate surface area is 198 Å². The van der Waals surface area contributed by atoms with Crippen LogP contribution in [0.25, 0.3) is 11.0 Å². The number of carbonyl (C=O) groups excluding carboxylic acids is 1. The molecule has 0 bridgehead atoms. The maximum absolute atomic E-state index is 13.2. The number of fused-ring (bicyclic) bond motifs is 3. The summed E-state index contributed by atoms with van der Waals surface area (Å²) in [6.07, 6.45) is 6.16. The van der Waals surface area contributed by atoms with E-state index in [0.717, 1.165) is 36.2 Å². The fraction of sp³-hybridized carbons (Fsp3) is 0.423.